The van der Waals surface area contributed by atoms with Gasteiger partial charge in [-0.2, -0.15) is 0 Å². The number of hydrogen-bond donors (Lipinski definition) is 2. The van der Waals surface area contributed by atoms with Crippen molar-refractivity contribution in [2.75, 3.05) is 13.1 Å². The van der Waals surface area contributed by atoms with Gasteiger partial charge in [-0.25, -0.2) is 0 Å². The monoisotopic (exact) mass is 260 g/mol. The third-order valence-electron chi connectivity index (χ3n) is 4.04. The van der Waals surface area contributed by atoms with E-state index in [0.717, 1.165) is 25.1 Å². The molecular weight excluding hydrogens is 236 g/mol. The Labute approximate surface area is 115 Å². The minimum Gasteiger partial charge on any atom is -0.350 e. The third-order valence-corrected chi connectivity index (χ3v) is 4.04. The van der Waals surface area contributed by atoms with Crippen molar-refractivity contribution in [2.24, 2.45) is 5.92 Å². The average molecular weight is 260 g/mol. The number of piperidine rings is 1. The van der Waals surface area contributed by atoms with Crippen LogP contribution in [0.25, 0.3) is 0 Å². The van der Waals surface area contributed by atoms with Crippen LogP contribution in [0.5, 0.6) is 0 Å². The molecule has 2 rings (SSSR count). The lowest BCUT2D eigenvalue weighted by Gasteiger charge is -2.30. The maximum absolute atomic E-state index is 12.1. The van der Waals surface area contributed by atoms with Crippen LogP contribution in [0, 0.1) is 5.92 Å². The van der Waals surface area contributed by atoms with Gasteiger partial charge in [-0.1, -0.05) is 26.0 Å². The van der Waals surface area contributed by atoms with Crippen LogP contribution < -0.4 is 10.6 Å². The molecule has 1 heterocycles. The normalized spacial score (nSPS) is 23.1. The number of hydrogen-bond acceptors (Lipinski definition) is 2. The summed E-state index contributed by atoms with van der Waals surface area (Å²) in [6.45, 7) is 6.15. The maximum atomic E-state index is 12.1. The Bertz CT molecular complexity index is 413. The predicted molar refractivity (Wildman–Crippen MR) is 78.3 cm³/mol. The van der Waals surface area contributed by atoms with E-state index in [4.69, 9.17) is 0 Å². The molecular formula is C16H24N2O. The Kier molecular flexibility index (Phi) is 4.97. The summed E-state index contributed by atoms with van der Waals surface area (Å²) < 4.78 is 0. The molecule has 2 N–H and O–H groups in total. The number of nitrogens with one attached hydrogen (secondary N) is 2. The lowest BCUT2D eigenvalue weighted by molar-refractivity contribution is 0.0943. The second-order valence-electron chi connectivity index (χ2n) is 5.44. The van der Waals surface area contributed by atoms with Gasteiger partial charge in [0.1, 0.15) is 0 Å². The molecule has 0 saturated carbocycles. The molecule has 104 valence electrons. The Morgan fingerprint density at radius 1 is 1.37 bits per heavy atom. The first-order valence-electron chi connectivity index (χ1n) is 7.31. The van der Waals surface area contributed by atoms with Gasteiger partial charge in [0.2, 0.25) is 0 Å². The third kappa shape index (κ3) is 3.80. The minimum absolute atomic E-state index is 0.0298. The molecule has 0 aliphatic carbocycles. The average Bonchev–Trinajstić information content (AvgIpc) is 2.46. The van der Waals surface area contributed by atoms with Gasteiger partial charge >= 0.3 is 0 Å². The summed E-state index contributed by atoms with van der Waals surface area (Å²) in [6, 6.07) is 8.28. The van der Waals surface area contributed by atoms with Gasteiger partial charge in [-0.15, -0.1) is 0 Å². The Hall–Kier alpha value is -1.35. The first-order valence-corrected chi connectivity index (χ1v) is 7.31. The maximum Gasteiger partial charge on any atom is 0.251 e. The zero-order chi connectivity index (χ0) is 13.7. The molecule has 19 heavy (non-hydrogen) atoms. The van der Waals surface area contributed by atoms with Crippen LogP contribution in [0.15, 0.2) is 24.3 Å². The van der Waals surface area contributed by atoms with E-state index in [1.54, 1.807) is 0 Å². The van der Waals surface area contributed by atoms with Crippen LogP contribution in [0.3, 0.4) is 0 Å². The van der Waals surface area contributed by atoms with Gasteiger partial charge in [0, 0.05) is 18.2 Å². The quantitative estimate of drug-likeness (QED) is 0.872. The molecule has 2 atom stereocenters. The Morgan fingerprint density at radius 2 is 2.11 bits per heavy atom. The van der Waals surface area contributed by atoms with Crippen molar-refractivity contribution in [3.05, 3.63) is 35.4 Å². The highest BCUT2D eigenvalue weighted by atomic mass is 16.1. The largest absolute Gasteiger partial charge is 0.350 e. The van der Waals surface area contributed by atoms with Crippen LogP contribution in [0.1, 0.15) is 42.6 Å². The van der Waals surface area contributed by atoms with Crippen molar-refractivity contribution in [1.82, 2.24) is 10.6 Å². The summed E-state index contributed by atoms with van der Waals surface area (Å²) >= 11 is 0. The Balaban J connectivity index is 1.86. The van der Waals surface area contributed by atoms with Gasteiger partial charge in [-0.3, -0.25) is 4.79 Å². The van der Waals surface area contributed by atoms with E-state index in [0.29, 0.717) is 12.0 Å². The van der Waals surface area contributed by atoms with Crippen LogP contribution in [-0.4, -0.2) is 25.0 Å². The predicted octanol–water partition coefficient (Wildman–Crippen LogP) is 2.37. The number of rotatable bonds is 4. The first-order chi connectivity index (χ1) is 9.20. The molecule has 1 fully saturated rings. The first kappa shape index (κ1) is 14.1. The van der Waals surface area contributed by atoms with Gasteiger partial charge in [0.15, 0.2) is 0 Å². The van der Waals surface area contributed by atoms with Crippen LogP contribution in [0.2, 0.25) is 0 Å². The minimum atomic E-state index is 0.0298. The number of amides is 1. The second-order valence-corrected chi connectivity index (χ2v) is 5.44. The van der Waals surface area contributed by atoms with Crippen molar-refractivity contribution in [3.8, 4) is 0 Å². The standard InChI is InChI=1S/C16H24N2O/c1-3-13-6-8-14(9-7-13)16(19)18-11-15-12(2)5-4-10-17-15/h6-9,12,15,17H,3-5,10-11H2,1-2H3,(H,18,19). The van der Waals surface area contributed by atoms with Crippen molar-refractivity contribution >= 4 is 5.91 Å². The van der Waals surface area contributed by atoms with Crippen molar-refractivity contribution < 1.29 is 4.79 Å². The molecule has 1 amide bonds. The number of benzene rings is 1. The zero-order valence-corrected chi connectivity index (χ0v) is 11.9. The van der Waals surface area contributed by atoms with Crippen molar-refractivity contribution in [2.45, 2.75) is 39.2 Å². The second kappa shape index (κ2) is 6.71. The zero-order valence-electron chi connectivity index (χ0n) is 11.9. The SMILES string of the molecule is CCc1ccc(C(=O)NCC2NCCCC2C)cc1. The topological polar surface area (TPSA) is 41.1 Å². The van der Waals surface area contributed by atoms with E-state index in [-0.39, 0.29) is 5.91 Å². The van der Waals surface area contributed by atoms with Crippen molar-refractivity contribution in [3.63, 3.8) is 0 Å². The number of carbonyl (C=O) groups is 1. The molecule has 1 aliphatic rings. The highest BCUT2D eigenvalue weighted by Crippen LogP contribution is 2.14. The summed E-state index contributed by atoms with van der Waals surface area (Å²) in [5.74, 6) is 0.666. The number of carbonyl (C=O) groups excluding carboxylic acids is 1. The van der Waals surface area contributed by atoms with E-state index in [1.807, 2.05) is 24.3 Å². The van der Waals surface area contributed by atoms with E-state index < -0.39 is 0 Å². The summed E-state index contributed by atoms with van der Waals surface area (Å²) in [5.41, 5.74) is 2.01. The molecule has 0 radical (unpaired) electrons. The molecule has 0 spiro atoms. The van der Waals surface area contributed by atoms with E-state index in [1.165, 1.54) is 18.4 Å². The van der Waals surface area contributed by atoms with Gasteiger partial charge in [0.25, 0.3) is 5.91 Å². The molecule has 3 heteroatoms. The summed E-state index contributed by atoms with van der Waals surface area (Å²) in [5, 5.41) is 6.51. The number of aryl methyl sites for hydroxylation is 1. The fourth-order valence-electron chi connectivity index (χ4n) is 2.58. The Morgan fingerprint density at radius 3 is 2.74 bits per heavy atom. The smallest absolute Gasteiger partial charge is 0.251 e. The van der Waals surface area contributed by atoms with E-state index >= 15 is 0 Å². The highest BCUT2D eigenvalue weighted by Gasteiger charge is 2.21. The molecule has 1 aromatic rings. The van der Waals surface area contributed by atoms with Crippen LogP contribution >= 0.6 is 0 Å². The van der Waals surface area contributed by atoms with Crippen molar-refractivity contribution in [1.29, 1.82) is 0 Å². The lowest BCUT2D eigenvalue weighted by Crippen LogP contribution is -2.47. The highest BCUT2D eigenvalue weighted by molar-refractivity contribution is 5.94. The van der Waals surface area contributed by atoms with Crippen LogP contribution in [-0.2, 0) is 6.42 Å². The molecule has 0 bridgehead atoms. The molecule has 1 saturated heterocycles. The van der Waals surface area contributed by atoms with Gasteiger partial charge < -0.3 is 10.6 Å². The van der Waals surface area contributed by atoms with Gasteiger partial charge in [-0.05, 0) is 49.4 Å². The summed E-state index contributed by atoms with van der Waals surface area (Å²) in [4.78, 5) is 12.1. The summed E-state index contributed by atoms with van der Waals surface area (Å²) in [6.07, 6.45) is 3.49. The molecule has 1 aromatic carbocycles. The molecule has 2 unspecified atom stereocenters. The van der Waals surface area contributed by atoms with E-state index in [2.05, 4.69) is 24.5 Å². The van der Waals surface area contributed by atoms with Gasteiger partial charge in [0.05, 0.1) is 0 Å². The fourth-order valence-corrected chi connectivity index (χ4v) is 2.58. The fraction of sp³-hybridized carbons (Fsp3) is 0.562. The van der Waals surface area contributed by atoms with Crippen LogP contribution in [0.4, 0.5) is 0 Å². The molecule has 0 aromatic heterocycles. The lowest BCUT2D eigenvalue weighted by atomic mass is 9.93. The van der Waals surface area contributed by atoms with E-state index in [9.17, 15) is 4.79 Å². The summed E-state index contributed by atoms with van der Waals surface area (Å²) in [7, 11) is 0. The molecule has 1 aliphatic heterocycles. The molecule has 3 nitrogen and oxygen atoms in total.